The summed E-state index contributed by atoms with van der Waals surface area (Å²) >= 11 is 0. The van der Waals surface area contributed by atoms with Gasteiger partial charge < -0.3 is 10.5 Å². The van der Waals surface area contributed by atoms with E-state index in [4.69, 9.17) is 10.5 Å². The molecule has 3 rings (SSSR count). The second-order valence-corrected chi connectivity index (χ2v) is 4.84. The number of hydrogen-bond donors (Lipinski definition) is 1. The highest BCUT2D eigenvalue weighted by Gasteiger charge is 2.09. The van der Waals surface area contributed by atoms with Crippen LogP contribution in [0.5, 0.6) is 0 Å². The molecule has 0 fully saturated rings. The van der Waals surface area contributed by atoms with Crippen LogP contribution in [0.1, 0.15) is 5.56 Å². The average Bonchev–Trinajstić information content (AvgIpc) is 2.56. The standard InChI is InChI=1S/C17H16N4O/c1-22-11-12-6-5-9-14(10-12)16-19-15(20-17(18)21-16)13-7-3-2-4-8-13/h2-10H,11H2,1H3,(H2,18,19,20,21). The molecule has 5 nitrogen and oxygen atoms in total. The van der Waals surface area contributed by atoms with Gasteiger partial charge in [0, 0.05) is 18.2 Å². The zero-order valence-corrected chi connectivity index (χ0v) is 12.2. The van der Waals surface area contributed by atoms with Crippen LogP contribution in [0.4, 0.5) is 5.95 Å². The van der Waals surface area contributed by atoms with E-state index < -0.39 is 0 Å². The van der Waals surface area contributed by atoms with E-state index in [-0.39, 0.29) is 5.95 Å². The van der Waals surface area contributed by atoms with Crippen molar-refractivity contribution < 1.29 is 4.74 Å². The number of aromatic nitrogens is 3. The third-order valence-corrected chi connectivity index (χ3v) is 3.18. The number of methoxy groups -OCH3 is 1. The van der Waals surface area contributed by atoms with Crippen LogP contribution in [-0.2, 0) is 11.3 Å². The van der Waals surface area contributed by atoms with Crippen LogP contribution in [0, 0.1) is 0 Å². The van der Waals surface area contributed by atoms with E-state index in [0.717, 1.165) is 16.7 Å². The summed E-state index contributed by atoms with van der Waals surface area (Å²) in [5.74, 6) is 1.34. The molecule has 0 aliphatic carbocycles. The van der Waals surface area contributed by atoms with Crippen molar-refractivity contribution in [2.75, 3.05) is 12.8 Å². The van der Waals surface area contributed by atoms with Gasteiger partial charge >= 0.3 is 0 Å². The molecule has 0 saturated heterocycles. The summed E-state index contributed by atoms with van der Waals surface area (Å²) in [5, 5.41) is 0. The van der Waals surface area contributed by atoms with Gasteiger partial charge in [0.25, 0.3) is 0 Å². The summed E-state index contributed by atoms with van der Waals surface area (Å²) in [7, 11) is 1.67. The molecule has 0 aliphatic rings. The monoisotopic (exact) mass is 292 g/mol. The molecule has 1 aromatic heterocycles. The summed E-state index contributed by atoms with van der Waals surface area (Å²) in [6.45, 7) is 0.542. The first-order valence-electron chi connectivity index (χ1n) is 6.91. The topological polar surface area (TPSA) is 73.9 Å². The minimum Gasteiger partial charge on any atom is -0.380 e. The summed E-state index contributed by atoms with van der Waals surface area (Å²) in [6, 6.07) is 17.6. The number of ether oxygens (including phenoxy) is 1. The fraction of sp³-hybridized carbons (Fsp3) is 0.118. The van der Waals surface area contributed by atoms with E-state index in [9.17, 15) is 0 Å². The van der Waals surface area contributed by atoms with E-state index in [0.29, 0.717) is 18.3 Å². The molecule has 3 aromatic rings. The number of anilines is 1. The van der Waals surface area contributed by atoms with Crippen molar-refractivity contribution >= 4 is 5.95 Å². The van der Waals surface area contributed by atoms with Crippen LogP contribution in [0.2, 0.25) is 0 Å². The van der Waals surface area contributed by atoms with Crippen LogP contribution >= 0.6 is 0 Å². The zero-order valence-electron chi connectivity index (χ0n) is 12.2. The summed E-state index contributed by atoms with van der Waals surface area (Å²) in [4.78, 5) is 13.0. The first kappa shape index (κ1) is 14.2. The molecule has 0 saturated carbocycles. The van der Waals surface area contributed by atoms with Gasteiger partial charge in [0.15, 0.2) is 11.6 Å². The molecule has 22 heavy (non-hydrogen) atoms. The minimum atomic E-state index is 0.209. The maximum absolute atomic E-state index is 5.84. The molecule has 0 radical (unpaired) electrons. The lowest BCUT2D eigenvalue weighted by Gasteiger charge is -2.07. The van der Waals surface area contributed by atoms with Crippen molar-refractivity contribution in [2.24, 2.45) is 0 Å². The predicted octanol–water partition coefficient (Wildman–Crippen LogP) is 2.93. The number of rotatable bonds is 4. The lowest BCUT2D eigenvalue weighted by Crippen LogP contribution is -2.02. The van der Waals surface area contributed by atoms with E-state index in [1.165, 1.54) is 0 Å². The predicted molar refractivity (Wildman–Crippen MR) is 85.8 cm³/mol. The lowest BCUT2D eigenvalue weighted by atomic mass is 10.1. The number of benzene rings is 2. The van der Waals surface area contributed by atoms with E-state index in [2.05, 4.69) is 15.0 Å². The maximum Gasteiger partial charge on any atom is 0.224 e. The third-order valence-electron chi connectivity index (χ3n) is 3.18. The van der Waals surface area contributed by atoms with Crippen LogP contribution in [0.15, 0.2) is 54.6 Å². The fourth-order valence-electron chi connectivity index (χ4n) is 2.20. The van der Waals surface area contributed by atoms with Gasteiger partial charge in [0.1, 0.15) is 0 Å². The van der Waals surface area contributed by atoms with Crippen LogP contribution in [0.25, 0.3) is 22.8 Å². The fourth-order valence-corrected chi connectivity index (χ4v) is 2.20. The molecule has 0 aliphatic heterocycles. The van der Waals surface area contributed by atoms with E-state index in [1.807, 2.05) is 54.6 Å². The normalized spacial score (nSPS) is 10.6. The molecule has 110 valence electrons. The minimum absolute atomic E-state index is 0.209. The quantitative estimate of drug-likeness (QED) is 0.800. The van der Waals surface area contributed by atoms with Crippen molar-refractivity contribution in [1.29, 1.82) is 0 Å². The van der Waals surface area contributed by atoms with Crippen molar-refractivity contribution in [1.82, 2.24) is 15.0 Å². The molecule has 1 heterocycles. The Morgan fingerprint density at radius 2 is 1.55 bits per heavy atom. The molecular weight excluding hydrogens is 276 g/mol. The molecule has 0 atom stereocenters. The molecule has 5 heteroatoms. The van der Waals surface area contributed by atoms with Gasteiger partial charge in [-0.3, -0.25) is 0 Å². The Morgan fingerprint density at radius 1 is 0.864 bits per heavy atom. The van der Waals surface area contributed by atoms with Gasteiger partial charge in [-0.05, 0) is 11.6 Å². The summed E-state index contributed by atoms with van der Waals surface area (Å²) in [6.07, 6.45) is 0. The van der Waals surface area contributed by atoms with Gasteiger partial charge in [-0.1, -0.05) is 48.5 Å². The number of nitrogens with zero attached hydrogens (tertiary/aromatic N) is 3. The molecular formula is C17H16N4O. The van der Waals surface area contributed by atoms with Gasteiger partial charge in [0.05, 0.1) is 6.61 Å². The Kier molecular flexibility index (Phi) is 4.07. The number of hydrogen-bond acceptors (Lipinski definition) is 5. The molecule has 2 aromatic carbocycles. The number of nitrogen functional groups attached to an aromatic ring is 1. The molecule has 0 bridgehead atoms. The first-order valence-corrected chi connectivity index (χ1v) is 6.91. The Labute approximate surface area is 128 Å². The first-order chi connectivity index (χ1) is 10.8. The van der Waals surface area contributed by atoms with Crippen LogP contribution in [0.3, 0.4) is 0 Å². The Balaban J connectivity index is 2.04. The van der Waals surface area contributed by atoms with Crippen LogP contribution < -0.4 is 5.73 Å². The second kappa shape index (κ2) is 6.32. The van der Waals surface area contributed by atoms with Gasteiger partial charge in [-0.25, -0.2) is 4.98 Å². The molecule has 0 amide bonds. The lowest BCUT2D eigenvalue weighted by molar-refractivity contribution is 0.185. The average molecular weight is 292 g/mol. The maximum atomic E-state index is 5.84. The van der Waals surface area contributed by atoms with E-state index in [1.54, 1.807) is 7.11 Å². The van der Waals surface area contributed by atoms with Crippen molar-refractivity contribution in [3.63, 3.8) is 0 Å². The van der Waals surface area contributed by atoms with Crippen LogP contribution in [-0.4, -0.2) is 22.1 Å². The highest BCUT2D eigenvalue weighted by molar-refractivity contribution is 5.62. The smallest absolute Gasteiger partial charge is 0.224 e. The van der Waals surface area contributed by atoms with Gasteiger partial charge in [-0.2, -0.15) is 9.97 Å². The molecule has 2 N–H and O–H groups in total. The summed E-state index contributed by atoms with van der Waals surface area (Å²) in [5.41, 5.74) is 8.70. The largest absolute Gasteiger partial charge is 0.380 e. The second-order valence-electron chi connectivity index (χ2n) is 4.84. The van der Waals surface area contributed by atoms with Crippen molar-refractivity contribution in [3.8, 4) is 22.8 Å². The van der Waals surface area contributed by atoms with E-state index >= 15 is 0 Å². The SMILES string of the molecule is COCc1cccc(-c2nc(N)nc(-c3ccccc3)n2)c1. The third kappa shape index (κ3) is 3.10. The molecule has 0 unspecified atom stereocenters. The van der Waals surface area contributed by atoms with Gasteiger partial charge in [-0.15, -0.1) is 0 Å². The number of nitrogens with two attached hydrogens (primary N) is 1. The highest BCUT2D eigenvalue weighted by Crippen LogP contribution is 2.21. The highest BCUT2D eigenvalue weighted by atomic mass is 16.5. The van der Waals surface area contributed by atoms with Gasteiger partial charge in [0.2, 0.25) is 5.95 Å². The molecule has 0 spiro atoms. The Morgan fingerprint density at radius 3 is 2.27 bits per heavy atom. The Bertz CT molecular complexity index is 775. The zero-order chi connectivity index (χ0) is 15.4. The Hall–Kier alpha value is -2.79. The van der Waals surface area contributed by atoms with Crippen molar-refractivity contribution in [3.05, 3.63) is 60.2 Å². The summed E-state index contributed by atoms with van der Waals surface area (Å²) < 4.78 is 5.16. The van der Waals surface area contributed by atoms with Crippen molar-refractivity contribution in [2.45, 2.75) is 6.61 Å².